The van der Waals surface area contributed by atoms with Gasteiger partial charge in [-0.25, -0.2) is 0 Å². The molecule has 0 aliphatic heterocycles. The molecule has 2 rings (SSSR count). The Morgan fingerprint density at radius 3 is 2.26 bits per heavy atom. The van der Waals surface area contributed by atoms with Crippen molar-refractivity contribution in [2.24, 2.45) is 11.1 Å². The zero-order valence-electron chi connectivity index (χ0n) is 16.2. The third-order valence-corrected chi connectivity index (χ3v) is 4.07. The van der Waals surface area contributed by atoms with Gasteiger partial charge in [0.05, 0.1) is 6.04 Å². The number of anilines is 2. The Labute approximate surface area is 167 Å². The molecule has 6 heteroatoms. The van der Waals surface area contributed by atoms with E-state index in [0.29, 0.717) is 17.8 Å². The van der Waals surface area contributed by atoms with E-state index in [4.69, 9.17) is 5.73 Å². The predicted molar refractivity (Wildman–Crippen MR) is 113 cm³/mol. The van der Waals surface area contributed by atoms with Gasteiger partial charge in [0.1, 0.15) is 0 Å². The number of benzene rings is 2. The van der Waals surface area contributed by atoms with Crippen LogP contribution in [-0.4, -0.2) is 17.9 Å². The van der Waals surface area contributed by atoms with E-state index in [0.717, 1.165) is 11.1 Å². The SMILES string of the molecule is Cc1ccc(NC(=O)[C@@H](N)Cc2ccccc2)cc1NC(=O)C(C)(C)C.Cl. The van der Waals surface area contributed by atoms with Crippen LogP contribution in [0, 0.1) is 12.3 Å². The number of carbonyl (C=O) groups excluding carboxylic acids is 2. The number of carbonyl (C=O) groups is 2. The number of hydrogen-bond donors (Lipinski definition) is 3. The Kier molecular flexibility index (Phi) is 8.00. The Morgan fingerprint density at radius 2 is 1.67 bits per heavy atom. The number of amides is 2. The fourth-order valence-electron chi connectivity index (χ4n) is 2.34. The van der Waals surface area contributed by atoms with Gasteiger partial charge in [-0.05, 0) is 36.6 Å². The van der Waals surface area contributed by atoms with E-state index in [1.807, 2.05) is 64.1 Å². The van der Waals surface area contributed by atoms with E-state index in [-0.39, 0.29) is 24.2 Å². The molecule has 4 N–H and O–H groups in total. The lowest BCUT2D eigenvalue weighted by atomic mass is 9.95. The molecule has 5 nitrogen and oxygen atoms in total. The highest BCUT2D eigenvalue weighted by Crippen LogP contribution is 2.23. The standard InChI is InChI=1S/C21H27N3O2.ClH/c1-14-10-11-16(13-18(14)24-20(26)21(2,3)4)23-19(25)17(22)12-15-8-6-5-7-9-15;/h5-11,13,17H,12,22H2,1-4H3,(H,23,25)(H,24,26);1H/t17-;/m0./s1. The van der Waals surface area contributed by atoms with Crippen molar-refractivity contribution >= 4 is 35.6 Å². The summed E-state index contributed by atoms with van der Waals surface area (Å²) in [4.78, 5) is 24.6. The third-order valence-electron chi connectivity index (χ3n) is 4.07. The molecular formula is C21H28ClN3O2. The van der Waals surface area contributed by atoms with Crippen molar-refractivity contribution in [1.82, 2.24) is 0 Å². The summed E-state index contributed by atoms with van der Waals surface area (Å²) in [5.41, 5.74) is 8.75. The average Bonchev–Trinajstić information content (AvgIpc) is 2.57. The van der Waals surface area contributed by atoms with Crippen LogP contribution >= 0.6 is 12.4 Å². The van der Waals surface area contributed by atoms with Crippen LogP contribution in [0.3, 0.4) is 0 Å². The Morgan fingerprint density at radius 1 is 1.04 bits per heavy atom. The van der Waals surface area contributed by atoms with Gasteiger partial charge in [0.25, 0.3) is 0 Å². The second kappa shape index (κ2) is 9.53. The summed E-state index contributed by atoms with van der Waals surface area (Å²) < 4.78 is 0. The van der Waals surface area contributed by atoms with Crippen LogP contribution in [0.2, 0.25) is 0 Å². The zero-order chi connectivity index (χ0) is 19.3. The number of rotatable bonds is 5. The minimum atomic E-state index is -0.647. The molecule has 0 spiro atoms. The van der Waals surface area contributed by atoms with Crippen LogP contribution in [0.4, 0.5) is 11.4 Å². The van der Waals surface area contributed by atoms with Crippen molar-refractivity contribution in [3.05, 3.63) is 59.7 Å². The molecule has 0 saturated carbocycles. The van der Waals surface area contributed by atoms with Gasteiger partial charge in [0, 0.05) is 16.8 Å². The normalized spacial score (nSPS) is 11.9. The first-order valence-electron chi connectivity index (χ1n) is 8.69. The maximum Gasteiger partial charge on any atom is 0.241 e. The maximum atomic E-state index is 12.4. The molecule has 0 bridgehead atoms. The van der Waals surface area contributed by atoms with Gasteiger partial charge in [0.2, 0.25) is 11.8 Å². The van der Waals surface area contributed by atoms with E-state index < -0.39 is 11.5 Å². The fraction of sp³-hybridized carbons (Fsp3) is 0.333. The van der Waals surface area contributed by atoms with Gasteiger partial charge in [-0.1, -0.05) is 57.2 Å². The molecular weight excluding hydrogens is 362 g/mol. The summed E-state index contributed by atoms with van der Waals surface area (Å²) in [5.74, 6) is -0.337. The lowest BCUT2D eigenvalue weighted by Crippen LogP contribution is -2.37. The number of aryl methyl sites for hydroxylation is 1. The molecule has 1 atom stereocenters. The van der Waals surface area contributed by atoms with Gasteiger partial charge in [-0.3, -0.25) is 9.59 Å². The lowest BCUT2D eigenvalue weighted by molar-refractivity contribution is -0.123. The largest absolute Gasteiger partial charge is 0.325 e. The van der Waals surface area contributed by atoms with E-state index in [1.54, 1.807) is 12.1 Å². The third kappa shape index (κ3) is 6.70. The first kappa shape index (κ1) is 22.7. The summed E-state index contributed by atoms with van der Waals surface area (Å²) in [6, 6.07) is 14.4. The van der Waals surface area contributed by atoms with Crippen molar-refractivity contribution < 1.29 is 9.59 Å². The Hall–Kier alpha value is -2.37. The minimum absolute atomic E-state index is 0. The number of nitrogens with one attached hydrogen (secondary N) is 2. The highest BCUT2D eigenvalue weighted by Gasteiger charge is 2.22. The highest BCUT2D eigenvalue weighted by atomic mass is 35.5. The predicted octanol–water partition coefficient (Wildman–Crippen LogP) is 3.91. The zero-order valence-corrected chi connectivity index (χ0v) is 17.0. The second-order valence-corrected chi connectivity index (χ2v) is 7.52. The van der Waals surface area contributed by atoms with Gasteiger partial charge < -0.3 is 16.4 Å². The number of halogens is 1. The van der Waals surface area contributed by atoms with Crippen LogP contribution < -0.4 is 16.4 Å². The molecule has 0 aliphatic carbocycles. The lowest BCUT2D eigenvalue weighted by Gasteiger charge is -2.19. The van der Waals surface area contributed by atoms with Crippen LogP contribution in [-0.2, 0) is 16.0 Å². The first-order valence-corrected chi connectivity index (χ1v) is 8.69. The maximum absolute atomic E-state index is 12.4. The molecule has 0 unspecified atom stereocenters. The van der Waals surface area contributed by atoms with Gasteiger partial charge in [-0.15, -0.1) is 12.4 Å². The van der Waals surface area contributed by atoms with Crippen molar-refractivity contribution in [3.8, 4) is 0 Å². The Balaban J connectivity index is 0.00000364. The molecule has 0 aliphatic rings. The second-order valence-electron chi connectivity index (χ2n) is 7.52. The monoisotopic (exact) mass is 389 g/mol. The van der Waals surface area contributed by atoms with Crippen molar-refractivity contribution in [1.29, 1.82) is 0 Å². The number of hydrogen-bond acceptors (Lipinski definition) is 3. The van der Waals surface area contributed by atoms with E-state index in [2.05, 4.69) is 10.6 Å². The van der Waals surface area contributed by atoms with Crippen molar-refractivity contribution in [2.45, 2.75) is 40.2 Å². The molecule has 2 aromatic rings. The topological polar surface area (TPSA) is 84.2 Å². The van der Waals surface area contributed by atoms with Crippen LogP contribution in [0.1, 0.15) is 31.9 Å². The van der Waals surface area contributed by atoms with E-state index in [1.165, 1.54) is 0 Å². The fourth-order valence-corrected chi connectivity index (χ4v) is 2.34. The van der Waals surface area contributed by atoms with Crippen LogP contribution in [0.25, 0.3) is 0 Å². The number of nitrogens with two attached hydrogens (primary N) is 1. The molecule has 0 radical (unpaired) electrons. The highest BCUT2D eigenvalue weighted by molar-refractivity contribution is 5.98. The molecule has 146 valence electrons. The van der Waals surface area contributed by atoms with E-state index in [9.17, 15) is 9.59 Å². The summed E-state index contributed by atoms with van der Waals surface area (Å²) >= 11 is 0. The van der Waals surface area contributed by atoms with Crippen molar-refractivity contribution in [2.75, 3.05) is 10.6 Å². The molecule has 2 aromatic carbocycles. The molecule has 0 heterocycles. The summed E-state index contributed by atoms with van der Waals surface area (Å²) in [6.45, 7) is 7.47. The molecule has 2 amide bonds. The Bertz CT molecular complexity index is 786. The molecule has 27 heavy (non-hydrogen) atoms. The smallest absolute Gasteiger partial charge is 0.241 e. The summed E-state index contributed by atoms with van der Waals surface area (Å²) in [6.07, 6.45) is 0.464. The van der Waals surface area contributed by atoms with Crippen LogP contribution in [0.5, 0.6) is 0 Å². The quantitative estimate of drug-likeness (QED) is 0.724. The molecule has 0 saturated heterocycles. The van der Waals surface area contributed by atoms with Gasteiger partial charge >= 0.3 is 0 Å². The molecule has 0 fully saturated rings. The van der Waals surface area contributed by atoms with Crippen molar-refractivity contribution in [3.63, 3.8) is 0 Å². The van der Waals surface area contributed by atoms with Gasteiger partial charge in [0.15, 0.2) is 0 Å². The molecule has 0 aromatic heterocycles. The van der Waals surface area contributed by atoms with E-state index >= 15 is 0 Å². The summed E-state index contributed by atoms with van der Waals surface area (Å²) in [7, 11) is 0. The minimum Gasteiger partial charge on any atom is -0.325 e. The summed E-state index contributed by atoms with van der Waals surface area (Å²) in [5, 5.41) is 5.74. The van der Waals surface area contributed by atoms with Gasteiger partial charge in [-0.2, -0.15) is 0 Å². The van der Waals surface area contributed by atoms with Crippen LogP contribution in [0.15, 0.2) is 48.5 Å². The average molecular weight is 390 g/mol. The first-order chi connectivity index (χ1) is 12.2.